The van der Waals surface area contributed by atoms with E-state index in [1.165, 1.54) is 4.90 Å². The molecule has 4 unspecified atom stereocenters. The van der Waals surface area contributed by atoms with Crippen molar-refractivity contribution in [1.82, 2.24) is 15.5 Å². The normalized spacial score (nSPS) is 19.3. The van der Waals surface area contributed by atoms with Crippen molar-refractivity contribution in [3.8, 4) is 0 Å². The van der Waals surface area contributed by atoms with Crippen LogP contribution in [0.2, 0.25) is 5.02 Å². The largest absolute Gasteiger partial charge is 0.445 e. The number of rotatable bonds is 16. The number of hydrogen-bond donors (Lipinski definition) is 3. The second-order valence-electron chi connectivity index (χ2n) is 11.0. The minimum absolute atomic E-state index is 0.00808. The van der Waals surface area contributed by atoms with Crippen LogP contribution in [0.5, 0.6) is 0 Å². The molecular weight excluding hydrogens is 585 g/mol. The molecule has 13 heteroatoms. The summed E-state index contributed by atoms with van der Waals surface area (Å²) in [6.45, 7) is 5.37. The van der Waals surface area contributed by atoms with Crippen LogP contribution in [-0.4, -0.2) is 73.2 Å². The maximum Gasteiger partial charge on any atom is 0.408 e. The minimum atomic E-state index is -4.06. The number of ether oxygens (including phenoxy) is 1. The van der Waals surface area contributed by atoms with Crippen LogP contribution in [-0.2, 0) is 34.5 Å². The molecule has 1 aromatic carbocycles. The van der Waals surface area contributed by atoms with Gasteiger partial charge in [0.15, 0.2) is 5.85 Å². The second kappa shape index (κ2) is 17.8. The Morgan fingerprint density at radius 2 is 1.83 bits per heavy atom. The summed E-state index contributed by atoms with van der Waals surface area (Å²) < 4.78 is 29.4. The van der Waals surface area contributed by atoms with Gasteiger partial charge in [0.2, 0.25) is 11.8 Å². The highest BCUT2D eigenvalue weighted by Crippen LogP contribution is 2.53. The fourth-order valence-electron chi connectivity index (χ4n) is 5.15. The van der Waals surface area contributed by atoms with Gasteiger partial charge >= 0.3 is 13.7 Å². The van der Waals surface area contributed by atoms with Crippen LogP contribution in [0.25, 0.3) is 0 Å². The zero-order valence-electron chi connectivity index (χ0n) is 25.3. The maximum absolute atomic E-state index is 13.7. The van der Waals surface area contributed by atoms with Crippen LogP contribution in [0.4, 0.5) is 4.79 Å². The summed E-state index contributed by atoms with van der Waals surface area (Å²) in [5.41, 5.74) is 0.691. The van der Waals surface area contributed by atoms with Crippen LogP contribution < -0.4 is 10.6 Å². The summed E-state index contributed by atoms with van der Waals surface area (Å²) in [5, 5.41) is 17.1. The molecular formula is C29H47ClN3O8P. The third-order valence-electron chi connectivity index (χ3n) is 7.28. The molecule has 0 heterocycles. The van der Waals surface area contributed by atoms with Crippen molar-refractivity contribution in [2.24, 2.45) is 11.8 Å². The van der Waals surface area contributed by atoms with Gasteiger partial charge in [-0.1, -0.05) is 49.9 Å². The fourth-order valence-corrected chi connectivity index (χ4v) is 7.13. The first-order valence-corrected chi connectivity index (χ1v) is 16.6. The molecule has 1 aliphatic rings. The Kier molecular flexibility index (Phi) is 15.3. The van der Waals surface area contributed by atoms with E-state index in [-0.39, 0.29) is 44.5 Å². The van der Waals surface area contributed by atoms with Crippen LogP contribution in [0.1, 0.15) is 71.3 Å². The highest BCUT2D eigenvalue weighted by Gasteiger charge is 2.42. The number of alkyl carbamates (subject to hydrolysis) is 1. The van der Waals surface area contributed by atoms with Crippen molar-refractivity contribution in [2.75, 3.05) is 27.3 Å². The van der Waals surface area contributed by atoms with Gasteiger partial charge < -0.3 is 34.4 Å². The lowest BCUT2D eigenvalue weighted by atomic mass is 9.79. The first-order valence-electron chi connectivity index (χ1n) is 14.6. The van der Waals surface area contributed by atoms with Crippen molar-refractivity contribution >= 4 is 37.1 Å². The Bertz CT molecular complexity index is 1070. The lowest BCUT2D eigenvalue weighted by Gasteiger charge is -2.32. The van der Waals surface area contributed by atoms with Crippen LogP contribution in [0.15, 0.2) is 24.3 Å². The van der Waals surface area contributed by atoms with E-state index in [1.54, 1.807) is 52.2 Å². The molecule has 1 saturated carbocycles. The molecule has 42 heavy (non-hydrogen) atoms. The summed E-state index contributed by atoms with van der Waals surface area (Å²) in [7, 11) is -0.873. The second-order valence-corrected chi connectivity index (χ2v) is 13.6. The highest BCUT2D eigenvalue weighted by atomic mass is 35.5. The summed E-state index contributed by atoms with van der Waals surface area (Å²) in [6.07, 6.45) is 3.48. The number of carbonyl (C=O) groups excluding carboxylic acids is 3. The fraction of sp³-hybridized carbons (Fsp3) is 0.690. The number of hydrogen-bond acceptors (Lipinski definition) is 8. The third kappa shape index (κ3) is 11.8. The molecule has 0 saturated heterocycles. The van der Waals surface area contributed by atoms with Crippen molar-refractivity contribution in [3.05, 3.63) is 34.9 Å². The molecule has 0 spiro atoms. The van der Waals surface area contributed by atoms with E-state index in [0.29, 0.717) is 22.9 Å². The van der Waals surface area contributed by atoms with E-state index in [4.69, 9.17) is 25.4 Å². The number of benzene rings is 1. The predicted octanol–water partition coefficient (Wildman–Crippen LogP) is 5.09. The molecule has 0 bridgehead atoms. The molecule has 0 aliphatic heterocycles. The summed E-state index contributed by atoms with van der Waals surface area (Å²) in [4.78, 5) is 40.3. The van der Waals surface area contributed by atoms with Gasteiger partial charge in [0.25, 0.3) is 0 Å². The van der Waals surface area contributed by atoms with Gasteiger partial charge in [-0.3, -0.25) is 14.2 Å². The summed E-state index contributed by atoms with van der Waals surface area (Å²) in [5.74, 6) is -1.87. The molecule has 3 N–H and O–H groups in total. The average molecular weight is 632 g/mol. The lowest BCUT2D eigenvalue weighted by Crippen LogP contribution is -2.53. The minimum Gasteiger partial charge on any atom is -0.445 e. The summed E-state index contributed by atoms with van der Waals surface area (Å²) in [6, 6.07) is 4.76. The Balaban J connectivity index is 2.25. The quantitative estimate of drug-likeness (QED) is 0.214. The Hall–Kier alpha value is -2.17. The predicted molar refractivity (Wildman–Crippen MR) is 161 cm³/mol. The smallest absolute Gasteiger partial charge is 0.408 e. The SMILES string of the molecule is CCOP(=O)(OCC)C(O)[C@H](CCC(=O)N(C)C)NC(=O)C(CC1CCCC(C)C1)NC(=O)OCc1cccc(Cl)c1. The lowest BCUT2D eigenvalue weighted by molar-refractivity contribution is -0.130. The monoisotopic (exact) mass is 631 g/mol. The Morgan fingerprint density at radius 3 is 2.43 bits per heavy atom. The van der Waals surface area contributed by atoms with Crippen molar-refractivity contribution in [1.29, 1.82) is 0 Å². The Labute approximate surface area is 254 Å². The van der Waals surface area contributed by atoms with E-state index < -0.39 is 37.5 Å². The molecule has 1 aromatic rings. The Morgan fingerprint density at radius 1 is 1.14 bits per heavy atom. The molecule has 1 fully saturated rings. The van der Waals surface area contributed by atoms with Crippen molar-refractivity contribution < 1.29 is 37.8 Å². The molecule has 2 rings (SSSR count). The van der Waals surface area contributed by atoms with E-state index in [0.717, 1.165) is 25.7 Å². The van der Waals surface area contributed by atoms with Crippen molar-refractivity contribution in [3.63, 3.8) is 0 Å². The van der Waals surface area contributed by atoms with Gasteiger partial charge in [-0.05, 0) is 62.6 Å². The van der Waals surface area contributed by atoms with Gasteiger partial charge in [-0.2, -0.15) is 0 Å². The molecule has 0 aromatic heterocycles. The number of nitrogens with zero attached hydrogens (tertiary/aromatic N) is 1. The number of aliphatic hydroxyl groups excluding tert-OH is 1. The van der Waals surface area contributed by atoms with Crippen LogP contribution in [0, 0.1) is 11.8 Å². The van der Waals surface area contributed by atoms with E-state index in [2.05, 4.69) is 17.6 Å². The highest BCUT2D eigenvalue weighted by molar-refractivity contribution is 7.54. The number of amides is 3. The standard InChI is InChI=1S/C29H47ClN3O8P/c1-6-40-42(38,41-7-2)28(36)24(14-15-26(34)33(4)5)31-27(35)25(18-21-11-8-10-20(3)16-21)32-29(37)39-19-22-12-9-13-23(30)17-22/h9,12-13,17,20-21,24-25,28,36H,6-8,10-11,14-16,18-19H2,1-5H3,(H,31,35)(H,32,37)/t20?,21?,24-,25?,28?/m0/s1. The first kappa shape index (κ1) is 36.0. The molecule has 238 valence electrons. The molecule has 1 aliphatic carbocycles. The molecule has 5 atom stereocenters. The van der Waals surface area contributed by atoms with Gasteiger partial charge in [-0.25, -0.2) is 4.79 Å². The van der Waals surface area contributed by atoms with Crippen LogP contribution in [0.3, 0.4) is 0 Å². The number of carbonyl (C=O) groups is 3. The zero-order chi connectivity index (χ0) is 31.3. The van der Waals surface area contributed by atoms with E-state index in [9.17, 15) is 24.1 Å². The van der Waals surface area contributed by atoms with Gasteiger partial charge in [0.1, 0.15) is 12.6 Å². The first-order chi connectivity index (χ1) is 19.9. The van der Waals surface area contributed by atoms with Gasteiger partial charge in [0.05, 0.1) is 19.3 Å². The van der Waals surface area contributed by atoms with Crippen molar-refractivity contribution in [2.45, 2.75) is 90.3 Å². The van der Waals surface area contributed by atoms with E-state index >= 15 is 0 Å². The molecule has 0 radical (unpaired) electrons. The van der Waals surface area contributed by atoms with Gasteiger partial charge in [0, 0.05) is 25.5 Å². The molecule has 3 amide bonds. The number of aliphatic hydroxyl groups is 1. The number of nitrogens with one attached hydrogen (secondary N) is 2. The molecule has 11 nitrogen and oxygen atoms in total. The van der Waals surface area contributed by atoms with E-state index in [1.807, 2.05) is 0 Å². The third-order valence-corrected chi connectivity index (χ3v) is 9.76. The topological polar surface area (TPSA) is 144 Å². The van der Waals surface area contributed by atoms with Crippen LogP contribution >= 0.6 is 19.2 Å². The average Bonchev–Trinajstić information content (AvgIpc) is 2.93. The maximum atomic E-state index is 13.7. The number of halogens is 1. The summed E-state index contributed by atoms with van der Waals surface area (Å²) >= 11 is 6.02. The van der Waals surface area contributed by atoms with Gasteiger partial charge in [-0.15, -0.1) is 0 Å². The zero-order valence-corrected chi connectivity index (χ0v) is 27.0.